The molecule has 0 aromatic carbocycles. The summed E-state index contributed by atoms with van der Waals surface area (Å²) in [6.07, 6.45) is 2.12. The summed E-state index contributed by atoms with van der Waals surface area (Å²) in [5.74, 6) is -0.252. The number of anilines is 1. The van der Waals surface area contributed by atoms with Gasteiger partial charge in [-0.15, -0.1) is 0 Å². The first-order valence-electron chi connectivity index (χ1n) is 4.69. The third kappa shape index (κ3) is 2.36. The Kier molecular flexibility index (Phi) is 3.16. The minimum atomic E-state index is -0.631. The van der Waals surface area contributed by atoms with Gasteiger partial charge in [0.25, 0.3) is 0 Å². The molecule has 0 unspecified atom stereocenters. The third-order valence-corrected chi connectivity index (χ3v) is 2.65. The smallest absolute Gasteiger partial charge is 0.358 e. The number of carbonyl (C=O) groups is 1. The van der Waals surface area contributed by atoms with E-state index in [0.717, 1.165) is 12.8 Å². The standard InChI is InChI=1S/C9H9Cl2N3O2/c1-16-8(15)6-5(10)7(12-4-2-3-4)14-9(11)13-6/h4H,2-3H2,1H3,(H,12,13,14). The Balaban J connectivity index is 2.36. The van der Waals surface area contributed by atoms with E-state index in [9.17, 15) is 4.79 Å². The first kappa shape index (κ1) is 11.4. The van der Waals surface area contributed by atoms with Gasteiger partial charge in [-0.3, -0.25) is 0 Å². The minimum absolute atomic E-state index is 0.0210. The molecule has 1 aromatic rings. The number of methoxy groups -OCH3 is 1. The second-order valence-electron chi connectivity index (χ2n) is 3.41. The Hall–Kier alpha value is -1.07. The summed E-state index contributed by atoms with van der Waals surface area (Å²) in [7, 11) is 1.25. The van der Waals surface area contributed by atoms with E-state index in [-0.39, 0.29) is 16.0 Å². The molecule has 1 fully saturated rings. The van der Waals surface area contributed by atoms with Crippen molar-refractivity contribution in [2.24, 2.45) is 0 Å². The fourth-order valence-electron chi connectivity index (χ4n) is 1.17. The van der Waals surface area contributed by atoms with E-state index in [1.54, 1.807) is 0 Å². The van der Waals surface area contributed by atoms with Crippen LogP contribution in [-0.4, -0.2) is 29.1 Å². The van der Waals surface area contributed by atoms with Gasteiger partial charge in [-0.25, -0.2) is 9.78 Å². The molecule has 0 saturated heterocycles. The topological polar surface area (TPSA) is 64.1 Å². The van der Waals surface area contributed by atoms with Crippen LogP contribution >= 0.6 is 23.2 Å². The number of ether oxygens (including phenoxy) is 1. The van der Waals surface area contributed by atoms with Crippen LogP contribution in [0.15, 0.2) is 0 Å². The highest BCUT2D eigenvalue weighted by atomic mass is 35.5. The van der Waals surface area contributed by atoms with Gasteiger partial charge in [0.15, 0.2) is 11.5 Å². The molecule has 1 aliphatic rings. The monoisotopic (exact) mass is 261 g/mol. The zero-order valence-electron chi connectivity index (χ0n) is 8.46. The lowest BCUT2D eigenvalue weighted by molar-refractivity contribution is 0.0594. The molecule has 16 heavy (non-hydrogen) atoms. The van der Waals surface area contributed by atoms with Gasteiger partial charge in [0.2, 0.25) is 5.28 Å². The number of halogens is 2. The molecule has 86 valence electrons. The molecular weight excluding hydrogens is 253 g/mol. The zero-order chi connectivity index (χ0) is 11.7. The number of esters is 1. The third-order valence-electron chi connectivity index (χ3n) is 2.12. The fraction of sp³-hybridized carbons (Fsp3) is 0.444. The van der Waals surface area contributed by atoms with Crippen LogP contribution in [0, 0.1) is 0 Å². The van der Waals surface area contributed by atoms with Crippen LogP contribution in [0.1, 0.15) is 23.3 Å². The summed E-state index contributed by atoms with van der Waals surface area (Å²) in [6, 6.07) is 0.356. The number of nitrogens with zero attached hydrogens (tertiary/aromatic N) is 2. The summed E-state index contributed by atoms with van der Waals surface area (Å²) in [6.45, 7) is 0. The Morgan fingerprint density at radius 2 is 2.12 bits per heavy atom. The molecule has 0 atom stereocenters. The quantitative estimate of drug-likeness (QED) is 0.667. The molecule has 1 saturated carbocycles. The molecule has 2 rings (SSSR count). The second-order valence-corrected chi connectivity index (χ2v) is 4.13. The maximum Gasteiger partial charge on any atom is 0.358 e. The van der Waals surface area contributed by atoms with Crippen molar-refractivity contribution in [1.29, 1.82) is 0 Å². The van der Waals surface area contributed by atoms with Crippen LogP contribution in [0.3, 0.4) is 0 Å². The number of hydrogen-bond donors (Lipinski definition) is 1. The lowest BCUT2D eigenvalue weighted by Crippen LogP contribution is -2.11. The Bertz CT molecular complexity index is 435. The minimum Gasteiger partial charge on any atom is -0.464 e. The molecule has 1 aromatic heterocycles. The summed E-state index contributed by atoms with van der Waals surface area (Å²) >= 11 is 11.7. The van der Waals surface area contributed by atoms with E-state index in [1.807, 2.05) is 0 Å². The number of rotatable bonds is 3. The van der Waals surface area contributed by atoms with Crippen LogP contribution in [0.5, 0.6) is 0 Å². The largest absolute Gasteiger partial charge is 0.464 e. The lowest BCUT2D eigenvalue weighted by Gasteiger charge is -2.08. The highest BCUT2D eigenvalue weighted by Crippen LogP contribution is 2.30. The first-order chi connectivity index (χ1) is 7.61. The normalized spacial score (nSPS) is 14.7. The van der Waals surface area contributed by atoms with Crippen molar-refractivity contribution in [3.8, 4) is 0 Å². The van der Waals surface area contributed by atoms with Gasteiger partial charge in [0, 0.05) is 6.04 Å². The van der Waals surface area contributed by atoms with E-state index < -0.39 is 5.97 Å². The van der Waals surface area contributed by atoms with Gasteiger partial charge < -0.3 is 10.1 Å². The number of nitrogens with one attached hydrogen (secondary N) is 1. The molecular formula is C9H9Cl2N3O2. The molecule has 0 aliphatic heterocycles. The van der Waals surface area contributed by atoms with E-state index in [0.29, 0.717) is 11.9 Å². The average Bonchev–Trinajstić information content (AvgIpc) is 3.05. The average molecular weight is 262 g/mol. The predicted molar refractivity (Wildman–Crippen MR) is 60.0 cm³/mol. The van der Waals surface area contributed by atoms with Gasteiger partial charge in [0.1, 0.15) is 5.02 Å². The Morgan fingerprint density at radius 3 is 2.69 bits per heavy atom. The Labute approximate surface area is 102 Å². The number of hydrogen-bond acceptors (Lipinski definition) is 5. The molecule has 0 bridgehead atoms. The molecule has 1 N–H and O–H groups in total. The van der Waals surface area contributed by atoms with Crippen molar-refractivity contribution in [1.82, 2.24) is 9.97 Å². The van der Waals surface area contributed by atoms with Gasteiger partial charge in [0.05, 0.1) is 7.11 Å². The summed E-state index contributed by atoms with van der Waals surface area (Å²) in [5.41, 5.74) is -0.0210. The van der Waals surface area contributed by atoms with E-state index in [2.05, 4.69) is 20.0 Å². The summed E-state index contributed by atoms with van der Waals surface area (Å²) < 4.78 is 4.55. The predicted octanol–water partition coefficient (Wildman–Crippen LogP) is 2.14. The van der Waals surface area contributed by atoms with Gasteiger partial charge in [-0.1, -0.05) is 11.6 Å². The van der Waals surface area contributed by atoms with Crippen molar-refractivity contribution in [2.75, 3.05) is 12.4 Å². The highest BCUT2D eigenvalue weighted by molar-refractivity contribution is 6.36. The molecule has 1 heterocycles. The van der Waals surface area contributed by atoms with Crippen LogP contribution in [0.4, 0.5) is 5.82 Å². The highest BCUT2D eigenvalue weighted by Gasteiger charge is 2.25. The number of carbonyl (C=O) groups excluding carboxylic acids is 1. The Morgan fingerprint density at radius 1 is 1.44 bits per heavy atom. The molecule has 0 spiro atoms. The van der Waals surface area contributed by atoms with Crippen LogP contribution in [-0.2, 0) is 4.74 Å². The van der Waals surface area contributed by atoms with E-state index >= 15 is 0 Å². The molecule has 0 amide bonds. The maximum absolute atomic E-state index is 11.4. The first-order valence-corrected chi connectivity index (χ1v) is 5.45. The van der Waals surface area contributed by atoms with Crippen LogP contribution in [0.2, 0.25) is 10.3 Å². The van der Waals surface area contributed by atoms with Gasteiger partial charge in [-0.2, -0.15) is 4.98 Å². The second kappa shape index (κ2) is 4.43. The molecule has 1 aliphatic carbocycles. The van der Waals surface area contributed by atoms with Gasteiger partial charge >= 0.3 is 5.97 Å². The van der Waals surface area contributed by atoms with Crippen LogP contribution in [0.25, 0.3) is 0 Å². The van der Waals surface area contributed by atoms with E-state index in [4.69, 9.17) is 23.2 Å². The molecule has 7 heteroatoms. The van der Waals surface area contributed by atoms with Crippen molar-refractivity contribution >= 4 is 35.0 Å². The van der Waals surface area contributed by atoms with E-state index in [1.165, 1.54) is 7.11 Å². The van der Waals surface area contributed by atoms with Gasteiger partial charge in [-0.05, 0) is 24.4 Å². The summed E-state index contributed by atoms with van der Waals surface area (Å²) in [5, 5.41) is 3.18. The molecule has 5 nitrogen and oxygen atoms in total. The maximum atomic E-state index is 11.4. The molecule has 0 radical (unpaired) electrons. The SMILES string of the molecule is COC(=O)c1nc(Cl)nc(NC2CC2)c1Cl. The van der Waals surface area contributed by atoms with Crippen molar-refractivity contribution in [3.05, 3.63) is 16.0 Å². The fourth-order valence-corrected chi connectivity index (χ4v) is 1.55. The van der Waals surface area contributed by atoms with Crippen LogP contribution < -0.4 is 5.32 Å². The zero-order valence-corrected chi connectivity index (χ0v) is 9.97. The van der Waals surface area contributed by atoms with Crippen molar-refractivity contribution in [3.63, 3.8) is 0 Å². The summed E-state index contributed by atoms with van der Waals surface area (Å²) in [4.78, 5) is 19.0. The van der Waals surface area contributed by atoms with Crippen molar-refractivity contribution in [2.45, 2.75) is 18.9 Å². The lowest BCUT2D eigenvalue weighted by atomic mass is 10.4. The van der Waals surface area contributed by atoms with Crippen molar-refractivity contribution < 1.29 is 9.53 Å². The number of aromatic nitrogens is 2.